The zero-order valence-corrected chi connectivity index (χ0v) is 53.4. The summed E-state index contributed by atoms with van der Waals surface area (Å²) in [6.45, 7) is 9.94. The van der Waals surface area contributed by atoms with Crippen LogP contribution in [0.15, 0.2) is 170 Å². The summed E-state index contributed by atoms with van der Waals surface area (Å²) in [6.07, 6.45) is 7.10. The second-order valence-electron chi connectivity index (χ2n) is 23.7. The molecule has 3 aliphatic heterocycles. The molecule has 0 fully saturated rings. The molecule has 13 rings (SSSR count). The number of benzene rings is 6. The van der Waals surface area contributed by atoms with Crippen LogP contribution >= 0.6 is 0 Å². The van der Waals surface area contributed by atoms with E-state index in [1.165, 1.54) is 55.1 Å². The van der Waals surface area contributed by atoms with Crippen LogP contribution in [0, 0.1) is 12.3 Å². The number of esters is 1. The molecule has 0 aliphatic carbocycles. The first-order valence-electron chi connectivity index (χ1n) is 30.7. The lowest BCUT2D eigenvalue weighted by atomic mass is 9.85. The number of carbonyl (C=O) groups is 10. The Bertz CT molecular complexity index is 5060. The average Bonchev–Trinajstić information content (AvgIpc) is 1.60. The Kier molecular flexibility index (Phi) is 18.8. The van der Waals surface area contributed by atoms with E-state index in [1.807, 2.05) is 116 Å². The van der Waals surface area contributed by atoms with E-state index in [-0.39, 0.29) is 53.8 Å². The van der Waals surface area contributed by atoms with Gasteiger partial charge in [-0.15, -0.1) is 0 Å². The van der Waals surface area contributed by atoms with Crippen molar-refractivity contribution in [1.82, 2.24) is 40.0 Å². The van der Waals surface area contributed by atoms with Gasteiger partial charge in [0.05, 0.1) is 58.1 Å². The number of amides is 8. The summed E-state index contributed by atoms with van der Waals surface area (Å²) in [6, 6.07) is 42.5. The molecule has 7 heterocycles. The van der Waals surface area contributed by atoms with Gasteiger partial charge in [-0.05, 0) is 105 Å². The standard InChI is InChI=1S/C36H33N3O5.C21H16N2O5.C17H15N3O5/c1-22-9-11-23(12-10-22)20-39-30-16-15-26(44-21-25-14-13-24-7-5-6-8-29(24)37-25)17-27(30)33(28-18-32(40)38-34(28)41)31(39)19-36(2,3)35(42)43-4;1-2-11-3-5-13(18(25)7-11)21(28)23-10-16(15-9-19(26)22-20(15)27)14-8-12(24)4-6-17(14)23;1-10(21)18-17(24)25-7-6-20-9-13(11-4-2-3-5-14(11)20)12-8-15(22)19-16(12)23/h5-18H,19-21H2,1-4H3,(H,38,40,41);3-10,24-25H,2H2,1H3,(H,22,26,27);2-5,8-9H,6-7H2,1H3,(H,18,21,24)(H,19,22,23). The van der Waals surface area contributed by atoms with Crippen LogP contribution in [0.25, 0.3) is 60.3 Å². The molecular weight excluding hydrogens is 1240 g/mol. The lowest BCUT2D eigenvalue weighted by Crippen LogP contribution is -2.30. The Hall–Kier alpha value is -12.5. The number of pyridine rings is 1. The highest BCUT2D eigenvalue weighted by atomic mass is 16.5. The number of aromatic nitrogens is 4. The van der Waals surface area contributed by atoms with Crippen LogP contribution in [0.1, 0.15) is 82.8 Å². The summed E-state index contributed by atoms with van der Waals surface area (Å²) in [4.78, 5) is 125. The number of nitrogens with one attached hydrogen (secondary N) is 4. The molecule has 97 heavy (non-hydrogen) atoms. The second-order valence-corrected chi connectivity index (χ2v) is 23.7. The second kappa shape index (κ2) is 27.6. The monoisotopic (exact) mass is 1300 g/mol. The number of hydrogen-bond donors (Lipinski definition) is 6. The number of aryl methyl sites for hydroxylation is 2. The molecule has 23 heteroatoms. The van der Waals surface area contributed by atoms with Gasteiger partial charge in [0.2, 0.25) is 5.91 Å². The first kappa shape index (κ1) is 65.9. The van der Waals surface area contributed by atoms with Crippen LogP contribution in [0.3, 0.4) is 0 Å². The van der Waals surface area contributed by atoms with E-state index in [2.05, 4.69) is 44.8 Å². The van der Waals surface area contributed by atoms with Crippen molar-refractivity contribution in [2.75, 3.05) is 13.7 Å². The molecule has 0 saturated heterocycles. The number of rotatable bonds is 16. The van der Waals surface area contributed by atoms with Crippen LogP contribution in [-0.2, 0) is 80.4 Å². The fourth-order valence-corrected chi connectivity index (χ4v) is 11.7. The third kappa shape index (κ3) is 14.2. The molecule has 10 aromatic rings. The van der Waals surface area contributed by atoms with Gasteiger partial charge in [0.15, 0.2) is 0 Å². The minimum Gasteiger partial charge on any atom is -0.508 e. The Labute approximate surface area is 553 Å². The molecule has 3 aliphatic rings. The summed E-state index contributed by atoms with van der Waals surface area (Å²) in [5.74, 6) is -3.91. The minimum atomic E-state index is -0.913. The van der Waals surface area contributed by atoms with Gasteiger partial charge >= 0.3 is 12.1 Å². The number of alkyl carbamates (subject to hydrolysis) is 1. The van der Waals surface area contributed by atoms with Crippen molar-refractivity contribution in [3.05, 3.63) is 220 Å². The molecule has 23 nitrogen and oxygen atoms in total. The lowest BCUT2D eigenvalue weighted by molar-refractivity contribution is -0.150. The Morgan fingerprint density at radius 2 is 1.29 bits per heavy atom. The van der Waals surface area contributed by atoms with Crippen molar-refractivity contribution >= 4 is 120 Å². The van der Waals surface area contributed by atoms with Crippen molar-refractivity contribution in [2.45, 2.75) is 67.2 Å². The molecule has 0 radical (unpaired) electrons. The summed E-state index contributed by atoms with van der Waals surface area (Å²) < 4.78 is 21.5. The Morgan fingerprint density at radius 3 is 1.94 bits per heavy atom. The number of hydrogen-bond acceptors (Lipinski definition) is 16. The number of fused-ring (bicyclic) bond motifs is 4. The maximum Gasteiger partial charge on any atom is 0.413 e. The van der Waals surface area contributed by atoms with E-state index < -0.39 is 58.8 Å². The van der Waals surface area contributed by atoms with Gasteiger partial charge in [0.1, 0.15) is 30.5 Å². The summed E-state index contributed by atoms with van der Waals surface area (Å²) in [5.41, 5.74) is 9.06. The molecule has 0 spiro atoms. The van der Waals surface area contributed by atoms with Crippen molar-refractivity contribution in [3.8, 4) is 17.2 Å². The molecule has 0 atom stereocenters. The van der Waals surface area contributed by atoms with E-state index in [4.69, 9.17) is 19.2 Å². The van der Waals surface area contributed by atoms with Crippen molar-refractivity contribution < 1.29 is 72.4 Å². The highest BCUT2D eigenvalue weighted by Gasteiger charge is 2.36. The molecule has 0 saturated carbocycles. The van der Waals surface area contributed by atoms with Crippen LogP contribution in [0.2, 0.25) is 0 Å². The predicted molar refractivity (Wildman–Crippen MR) is 359 cm³/mol. The molecule has 8 amide bonds. The van der Waals surface area contributed by atoms with Gasteiger partial charge in [-0.3, -0.25) is 69.0 Å². The number of ether oxygens (including phenoxy) is 3. The fraction of sp³-hybridized carbons (Fsp3) is 0.176. The quantitative estimate of drug-likeness (QED) is 0.0388. The zero-order chi connectivity index (χ0) is 69.0. The Morgan fingerprint density at radius 1 is 0.649 bits per heavy atom. The molecule has 6 aromatic carbocycles. The van der Waals surface area contributed by atoms with Crippen LogP contribution in [-0.4, -0.2) is 102 Å². The first-order valence-corrected chi connectivity index (χ1v) is 30.7. The predicted octanol–water partition coefficient (Wildman–Crippen LogP) is 9.20. The van der Waals surface area contributed by atoms with E-state index in [9.17, 15) is 58.2 Å². The zero-order valence-electron chi connectivity index (χ0n) is 53.4. The van der Waals surface area contributed by atoms with Gasteiger partial charge in [0, 0.05) is 105 Å². The highest BCUT2D eigenvalue weighted by molar-refractivity contribution is 6.37. The SMILES string of the molecule is CC(=O)NC(=O)OCCn1cc(C2=CC(=O)NC2=O)c2ccccc21.CCc1ccc(C(=O)n2cc(C3=CC(=O)NC3=O)c3cc(O)ccc32)c(O)c1.COC(=O)C(C)(C)Cc1c(C2=CC(=O)NC2=O)c2cc(OCc3ccc4ccccc4n3)ccc2n1Cc1ccc(C)cc1. The largest absolute Gasteiger partial charge is 0.508 e. The van der Waals surface area contributed by atoms with Crippen LogP contribution in [0.4, 0.5) is 4.79 Å². The molecule has 0 unspecified atom stereocenters. The number of phenols is 2. The number of aromatic hydroxyl groups is 2. The summed E-state index contributed by atoms with van der Waals surface area (Å²) in [7, 11) is 1.37. The molecule has 4 aromatic heterocycles. The third-order valence-corrected chi connectivity index (χ3v) is 16.5. The molecule has 6 N–H and O–H groups in total. The van der Waals surface area contributed by atoms with E-state index in [1.54, 1.807) is 24.4 Å². The topological polar surface area (TPSA) is 315 Å². The molecule has 0 bridgehead atoms. The normalized spacial score (nSPS) is 13.5. The number of carbonyl (C=O) groups excluding carboxylic acids is 10. The fourth-order valence-electron chi connectivity index (χ4n) is 11.7. The van der Waals surface area contributed by atoms with Gasteiger partial charge in [-0.2, -0.15) is 0 Å². The van der Waals surface area contributed by atoms with E-state index in [0.717, 1.165) is 73.3 Å². The van der Waals surface area contributed by atoms with Crippen molar-refractivity contribution in [1.29, 1.82) is 0 Å². The van der Waals surface area contributed by atoms with E-state index in [0.29, 0.717) is 52.0 Å². The number of phenolic OH excluding ortho intramolecular Hbond substituents is 2. The minimum absolute atomic E-state index is 0.0422. The van der Waals surface area contributed by atoms with E-state index >= 15 is 0 Å². The first-order chi connectivity index (χ1) is 46.5. The number of methoxy groups -OCH3 is 1. The van der Waals surface area contributed by atoms with Crippen LogP contribution < -0.4 is 26.0 Å². The van der Waals surface area contributed by atoms with Crippen molar-refractivity contribution in [3.63, 3.8) is 0 Å². The molecular formula is C74H64N8O15. The number of imide groups is 4. The highest BCUT2D eigenvalue weighted by Crippen LogP contribution is 2.40. The number of para-hydroxylation sites is 2. The van der Waals surface area contributed by atoms with Gasteiger partial charge in [-0.1, -0.05) is 85.3 Å². The smallest absolute Gasteiger partial charge is 0.413 e. The maximum atomic E-state index is 13.1. The average molecular weight is 1310 g/mol. The maximum absolute atomic E-state index is 13.1. The lowest BCUT2D eigenvalue weighted by Gasteiger charge is -2.24. The summed E-state index contributed by atoms with van der Waals surface area (Å²) >= 11 is 0. The van der Waals surface area contributed by atoms with Crippen LogP contribution in [0.5, 0.6) is 17.2 Å². The number of nitrogens with zero attached hydrogens (tertiary/aromatic N) is 4. The molecule has 490 valence electrons. The van der Waals surface area contributed by atoms with Gasteiger partial charge in [-0.25, -0.2) is 9.78 Å². The van der Waals surface area contributed by atoms with Gasteiger partial charge < -0.3 is 33.6 Å². The third-order valence-electron chi connectivity index (χ3n) is 16.5. The van der Waals surface area contributed by atoms with Crippen molar-refractivity contribution in [2.24, 2.45) is 5.41 Å². The Balaban J connectivity index is 0.000000156. The van der Waals surface area contributed by atoms with Gasteiger partial charge in [0.25, 0.3) is 41.4 Å². The summed E-state index contributed by atoms with van der Waals surface area (Å²) in [5, 5.41) is 32.0.